The van der Waals surface area contributed by atoms with E-state index in [2.05, 4.69) is 42.6 Å². The SMILES string of the molecule is CCc1ccc(CO/N=[C]\c2cccc(OC)c2)cc1. The van der Waals surface area contributed by atoms with E-state index in [4.69, 9.17) is 9.57 Å². The summed E-state index contributed by atoms with van der Waals surface area (Å²) in [5, 5.41) is 3.85. The van der Waals surface area contributed by atoms with Crippen molar-refractivity contribution in [2.45, 2.75) is 20.0 Å². The molecular weight excluding hydrogens is 250 g/mol. The van der Waals surface area contributed by atoms with Gasteiger partial charge in [0.2, 0.25) is 0 Å². The van der Waals surface area contributed by atoms with Gasteiger partial charge in [0.05, 0.1) is 7.11 Å². The molecule has 1 radical (unpaired) electrons. The number of benzene rings is 2. The van der Waals surface area contributed by atoms with E-state index < -0.39 is 0 Å². The van der Waals surface area contributed by atoms with E-state index in [0.29, 0.717) is 6.61 Å². The third kappa shape index (κ3) is 4.12. The Morgan fingerprint density at radius 1 is 1.05 bits per heavy atom. The molecule has 0 aliphatic heterocycles. The Kier molecular flexibility index (Phi) is 5.18. The topological polar surface area (TPSA) is 30.8 Å². The molecule has 0 amide bonds. The molecule has 3 nitrogen and oxygen atoms in total. The van der Waals surface area contributed by atoms with Gasteiger partial charge in [-0.15, -0.1) is 0 Å². The van der Waals surface area contributed by atoms with Gasteiger partial charge in [-0.05, 0) is 29.7 Å². The summed E-state index contributed by atoms with van der Waals surface area (Å²) in [6.45, 7) is 2.58. The van der Waals surface area contributed by atoms with Crippen molar-refractivity contribution in [2.24, 2.45) is 5.16 Å². The predicted molar refractivity (Wildman–Crippen MR) is 80.1 cm³/mol. The zero-order chi connectivity index (χ0) is 14.2. The predicted octanol–water partition coefficient (Wildman–Crippen LogP) is 3.69. The van der Waals surface area contributed by atoms with E-state index in [0.717, 1.165) is 23.3 Å². The molecule has 0 N–H and O–H groups in total. The fourth-order valence-electron chi connectivity index (χ4n) is 1.76. The molecular formula is C17H18NO2. The number of rotatable bonds is 6. The first kappa shape index (κ1) is 14.1. The lowest BCUT2D eigenvalue weighted by Gasteiger charge is -2.02. The van der Waals surface area contributed by atoms with Crippen LogP contribution in [0.2, 0.25) is 0 Å². The highest BCUT2D eigenvalue weighted by Crippen LogP contribution is 2.11. The molecule has 0 spiro atoms. The van der Waals surface area contributed by atoms with Crippen LogP contribution in [-0.2, 0) is 17.9 Å². The first-order chi connectivity index (χ1) is 9.81. The Hall–Kier alpha value is -2.29. The Morgan fingerprint density at radius 2 is 1.80 bits per heavy atom. The van der Waals surface area contributed by atoms with Crippen molar-refractivity contribution in [1.82, 2.24) is 0 Å². The van der Waals surface area contributed by atoms with Gasteiger partial charge in [-0.2, -0.15) is 0 Å². The van der Waals surface area contributed by atoms with Gasteiger partial charge in [-0.1, -0.05) is 48.5 Å². The monoisotopic (exact) mass is 268 g/mol. The number of ether oxygens (including phenoxy) is 1. The Labute approximate surface area is 119 Å². The lowest BCUT2D eigenvalue weighted by Crippen LogP contribution is -1.90. The molecule has 0 saturated heterocycles. The van der Waals surface area contributed by atoms with Crippen LogP contribution >= 0.6 is 0 Å². The third-order valence-corrected chi connectivity index (χ3v) is 2.97. The minimum atomic E-state index is 0.445. The summed E-state index contributed by atoms with van der Waals surface area (Å²) >= 11 is 0. The van der Waals surface area contributed by atoms with Crippen molar-refractivity contribution >= 4 is 6.21 Å². The highest BCUT2D eigenvalue weighted by molar-refractivity contribution is 5.79. The molecule has 0 saturated carbocycles. The Balaban J connectivity index is 1.86. The normalized spacial score (nSPS) is 10.7. The van der Waals surface area contributed by atoms with Gasteiger partial charge in [0, 0.05) is 5.56 Å². The van der Waals surface area contributed by atoms with E-state index >= 15 is 0 Å². The average Bonchev–Trinajstić information content (AvgIpc) is 2.52. The first-order valence-electron chi connectivity index (χ1n) is 6.61. The van der Waals surface area contributed by atoms with Crippen LogP contribution in [0.3, 0.4) is 0 Å². The lowest BCUT2D eigenvalue weighted by atomic mass is 10.1. The number of hydrogen-bond donors (Lipinski definition) is 0. The van der Waals surface area contributed by atoms with Crippen molar-refractivity contribution in [3.8, 4) is 5.75 Å². The second-order valence-corrected chi connectivity index (χ2v) is 4.38. The van der Waals surface area contributed by atoms with E-state index in [9.17, 15) is 0 Å². The maximum absolute atomic E-state index is 5.24. The van der Waals surface area contributed by atoms with E-state index in [1.807, 2.05) is 24.3 Å². The lowest BCUT2D eigenvalue weighted by molar-refractivity contribution is 0.132. The van der Waals surface area contributed by atoms with Gasteiger partial charge in [-0.3, -0.25) is 0 Å². The Morgan fingerprint density at radius 3 is 2.50 bits per heavy atom. The molecule has 0 aliphatic carbocycles. The summed E-state index contributed by atoms with van der Waals surface area (Å²) in [6, 6.07) is 15.8. The van der Waals surface area contributed by atoms with Crippen molar-refractivity contribution in [3.63, 3.8) is 0 Å². The zero-order valence-electron chi connectivity index (χ0n) is 11.8. The van der Waals surface area contributed by atoms with Crippen LogP contribution in [0.15, 0.2) is 53.7 Å². The van der Waals surface area contributed by atoms with E-state index in [-0.39, 0.29) is 0 Å². The minimum Gasteiger partial charge on any atom is -0.497 e. The third-order valence-electron chi connectivity index (χ3n) is 2.97. The number of aryl methyl sites for hydroxylation is 1. The summed E-state index contributed by atoms with van der Waals surface area (Å²) in [5.41, 5.74) is 3.24. The highest BCUT2D eigenvalue weighted by Gasteiger charge is 1.95. The van der Waals surface area contributed by atoms with Crippen LogP contribution in [0.25, 0.3) is 0 Å². The van der Waals surface area contributed by atoms with Gasteiger partial charge >= 0.3 is 0 Å². The summed E-state index contributed by atoms with van der Waals surface area (Å²) in [5.74, 6) is 0.778. The molecule has 0 heterocycles. The van der Waals surface area contributed by atoms with Gasteiger partial charge < -0.3 is 9.57 Å². The maximum Gasteiger partial charge on any atom is 0.142 e. The van der Waals surface area contributed by atoms with Crippen LogP contribution in [0, 0.1) is 0 Å². The van der Waals surface area contributed by atoms with E-state index in [1.54, 1.807) is 7.11 Å². The van der Waals surface area contributed by atoms with Crippen LogP contribution < -0.4 is 4.74 Å². The smallest absolute Gasteiger partial charge is 0.142 e. The van der Waals surface area contributed by atoms with Crippen molar-refractivity contribution in [2.75, 3.05) is 7.11 Å². The molecule has 0 bridgehead atoms. The molecule has 3 heteroatoms. The van der Waals surface area contributed by atoms with Crippen molar-refractivity contribution in [1.29, 1.82) is 0 Å². The second-order valence-electron chi connectivity index (χ2n) is 4.38. The van der Waals surface area contributed by atoms with Crippen molar-refractivity contribution < 1.29 is 9.57 Å². The Bertz CT molecular complexity index is 561. The number of hydrogen-bond acceptors (Lipinski definition) is 3. The molecule has 2 aromatic rings. The van der Waals surface area contributed by atoms with E-state index in [1.165, 1.54) is 5.56 Å². The molecule has 20 heavy (non-hydrogen) atoms. The first-order valence-corrected chi connectivity index (χ1v) is 6.61. The summed E-state index contributed by atoms with van der Waals surface area (Å²) < 4.78 is 5.13. The largest absolute Gasteiger partial charge is 0.497 e. The number of methoxy groups -OCH3 is 1. The maximum atomic E-state index is 5.24. The van der Waals surface area contributed by atoms with Gasteiger partial charge in [0.15, 0.2) is 0 Å². The second kappa shape index (κ2) is 7.34. The summed E-state index contributed by atoms with van der Waals surface area (Å²) in [4.78, 5) is 5.24. The average molecular weight is 268 g/mol. The molecule has 0 aromatic heterocycles. The van der Waals surface area contributed by atoms with Gasteiger partial charge in [-0.25, -0.2) is 0 Å². The molecule has 103 valence electrons. The molecule has 0 aliphatic rings. The summed E-state index contributed by atoms with van der Waals surface area (Å²) in [6.07, 6.45) is 3.88. The zero-order valence-corrected chi connectivity index (χ0v) is 11.8. The minimum absolute atomic E-state index is 0.445. The highest BCUT2D eigenvalue weighted by atomic mass is 16.6. The standard InChI is InChI=1S/C17H18NO2/c1-3-14-7-9-15(10-8-14)13-20-18-12-16-5-4-6-17(11-16)19-2/h4-11H,3,13H2,1-2H3. The van der Waals surface area contributed by atoms with Crippen LogP contribution in [0.4, 0.5) is 0 Å². The van der Waals surface area contributed by atoms with Gasteiger partial charge in [0.25, 0.3) is 0 Å². The number of nitrogens with zero attached hydrogens (tertiary/aromatic N) is 1. The molecule has 0 fully saturated rings. The molecule has 0 atom stereocenters. The molecule has 0 unspecified atom stereocenters. The van der Waals surface area contributed by atoms with Crippen LogP contribution in [-0.4, -0.2) is 13.3 Å². The van der Waals surface area contributed by atoms with Crippen molar-refractivity contribution in [3.05, 3.63) is 65.2 Å². The fourth-order valence-corrected chi connectivity index (χ4v) is 1.76. The summed E-state index contributed by atoms with van der Waals surface area (Å²) in [7, 11) is 1.63. The van der Waals surface area contributed by atoms with Crippen LogP contribution in [0.1, 0.15) is 23.6 Å². The van der Waals surface area contributed by atoms with Crippen LogP contribution in [0.5, 0.6) is 5.75 Å². The molecule has 2 aromatic carbocycles. The fraction of sp³-hybridized carbons (Fsp3) is 0.235. The molecule has 2 rings (SSSR count). The van der Waals surface area contributed by atoms with Gasteiger partial charge in [0.1, 0.15) is 18.6 Å². The quantitative estimate of drug-likeness (QED) is 0.591.